The van der Waals surface area contributed by atoms with E-state index in [1.165, 1.54) is 0 Å². The lowest BCUT2D eigenvalue weighted by Gasteiger charge is -2.52. The fourth-order valence-corrected chi connectivity index (χ4v) is 5.89. The predicted octanol–water partition coefficient (Wildman–Crippen LogP) is 8.60. The van der Waals surface area contributed by atoms with Gasteiger partial charge in [0, 0.05) is 0 Å². The van der Waals surface area contributed by atoms with E-state index in [1.54, 1.807) is 0 Å². The van der Waals surface area contributed by atoms with Crippen LogP contribution in [0.15, 0.2) is 0 Å². The number of alkyl halides is 12. The van der Waals surface area contributed by atoms with Crippen LogP contribution < -0.4 is 0 Å². The Balaban J connectivity index is 3.58. The molecule has 0 atom stereocenters. The fourth-order valence-electron chi connectivity index (χ4n) is 1.86. The molecule has 1 rings (SSSR count). The quantitative estimate of drug-likeness (QED) is 0.264. The third-order valence-electron chi connectivity index (χ3n) is 3.33. The molecule has 132 valence electrons. The summed E-state index contributed by atoms with van der Waals surface area (Å²) in [6, 6.07) is 0. The molecule has 1 saturated carbocycles. The summed E-state index contributed by atoms with van der Waals surface area (Å²) < 4.78 is -13.0. The van der Waals surface area contributed by atoms with Crippen LogP contribution in [0.1, 0.15) is 25.7 Å². The zero-order chi connectivity index (χ0) is 17.8. The molecule has 0 aromatic carbocycles. The lowest BCUT2D eigenvalue weighted by atomic mass is 9.96. The van der Waals surface area contributed by atoms with Crippen LogP contribution in [0, 0.1) is 0 Å². The molecular weight excluding hydrogens is 546 g/mol. The van der Waals surface area contributed by atoms with Gasteiger partial charge in [0.2, 0.25) is 0 Å². The average molecular weight is 554 g/mol. The summed E-state index contributed by atoms with van der Waals surface area (Å²) in [5, 5.41) is 0. The average Bonchev–Trinajstić information content (AvgIpc) is 2.32. The maximum Gasteiger partial charge on any atom is 0.189 e. The van der Waals surface area contributed by atoms with Crippen molar-refractivity contribution in [3.63, 3.8) is 0 Å². The summed E-state index contributed by atoms with van der Waals surface area (Å²) in [6.45, 7) is 0. The molecule has 0 unspecified atom stereocenters. The summed E-state index contributed by atoms with van der Waals surface area (Å²) >= 11 is 74.7. The van der Waals surface area contributed by atoms with E-state index >= 15 is 0 Å². The maximum absolute atomic E-state index is 6.24. The van der Waals surface area contributed by atoms with Gasteiger partial charge in [0.15, 0.2) is 26.0 Å². The monoisotopic (exact) mass is 548 g/mol. The molecule has 1 aliphatic rings. The number of hydrogen-bond donors (Lipinski definition) is 0. The molecule has 0 spiro atoms. The smallest absolute Gasteiger partial charge is 0.0982 e. The molecule has 0 N–H and O–H groups in total. The predicted molar refractivity (Wildman–Crippen MR) is 105 cm³/mol. The van der Waals surface area contributed by atoms with Gasteiger partial charge in [-0.15, -0.1) is 0 Å². The second kappa shape index (κ2) is 7.14. The summed E-state index contributed by atoms with van der Waals surface area (Å²) in [5.74, 6) is 0. The molecule has 0 bridgehead atoms. The number of rotatable bonds is 0. The second-order valence-corrected chi connectivity index (χ2v) is 13.2. The van der Waals surface area contributed by atoms with Crippen molar-refractivity contribution in [3.05, 3.63) is 0 Å². The van der Waals surface area contributed by atoms with Crippen molar-refractivity contribution < 1.29 is 0 Å². The van der Waals surface area contributed by atoms with Crippen LogP contribution in [0.5, 0.6) is 0 Å². The molecule has 0 nitrogen and oxygen atoms in total. The first kappa shape index (κ1) is 23.5. The molecule has 22 heavy (non-hydrogen) atoms. The molecule has 0 saturated heterocycles. The first-order chi connectivity index (χ1) is 9.46. The van der Waals surface area contributed by atoms with Crippen LogP contribution in [0.25, 0.3) is 0 Å². The fraction of sp³-hybridized carbons (Fsp3) is 1.00. The lowest BCUT2D eigenvalue weighted by molar-refractivity contribution is 0.411. The normalized spacial score (nSPS) is 32.2. The highest BCUT2D eigenvalue weighted by Crippen LogP contribution is 2.69. The lowest BCUT2D eigenvalue weighted by Crippen LogP contribution is -2.66. The van der Waals surface area contributed by atoms with Crippen molar-refractivity contribution in [2.75, 3.05) is 0 Å². The van der Waals surface area contributed by atoms with E-state index in [1.807, 2.05) is 0 Å². The Bertz CT molecular complexity index is 384. The van der Waals surface area contributed by atoms with Crippen LogP contribution in [0.3, 0.4) is 0 Å². The van der Waals surface area contributed by atoms with Gasteiger partial charge in [-0.05, 0) is 12.8 Å². The van der Waals surface area contributed by atoms with Gasteiger partial charge < -0.3 is 0 Å². The minimum atomic E-state index is -2.44. The van der Waals surface area contributed by atoms with Crippen LogP contribution in [-0.2, 0) is 0 Å². The van der Waals surface area contributed by atoms with E-state index in [0.717, 1.165) is 0 Å². The number of halogens is 12. The zero-order valence-corrected chi connectivity index (χ0v) is 19.4. The van der Waals surface area contributed by atoms with Crippen molar-refractivity contribution in [1.82, 2.24) is 0 Å². The van der Waals surface area contributed by atoms with Crippen LogP contribution >= 0.6 is 139 Å². The highest BCUT2D eigenvalue weighted by Gasteiger charge is 2.76. The van der Waals surface area contributed by atoms with E-state index in [4.69, 9.17) is 139 Å². The van der Waals surface area contributed by atoms with E-state index < -0.39 is 26.0 Å². The molecule has 1 aliphatic carbocycles. The zero-order valence-electron chi connectivity index (χ0n) is 10.4. The molecule has 0 radical (unpaired) electrons. The maximum atomic E-state index is 6.24. The van der Waals surface area contributed by atoms with Gasteiger partial charge in [0.1, 0.15) is 0 Å². The summed E-state index contributed by atoms with van der Waals surface area (Å²) in [4.78, 5) is 0. The van der Waals surface area contributed by atoms with Gasteiger partial charge in [0.25, 0.3) is 0 Å². The van der Waals surface area contributed by atoms with Gasteiger partial charge in [-0.3, -0.25) is 0 Å². The second-order valence-electron chi connectivity index (χ2n) is 4.91. The first-order valence-corrected chi connectivity index (χ1v) is 10.3. The molecule has 1 fully saturated rings. The molecule has 0 aliphatic heterocycles. The van der Waals surface area contributed by atoms with Crippen LogP contribution in [0.2, 0.25) is 0 Å². The Kier molecular flexibility index (Phi) is 7.63. The minimum absolute atomic E-state index is 0.121. The summed E-state index contributed by atoms with van der Waals surface area (Å²) in [5.41, 5.74) is 0. The molecular formula is C10H8Cl12. The molecule has 0 aromatic rings. The third kappa shape index (κ3) is 3.59. The Morgan fingerprint density at radius 1 is 0.364 bits per heavy atom. The largest absolute Gasteiger partial charge is 0.189 e. The highest BCUT2D eigenvalue weighted by molar-refractivity contribution is 6.78. The van der Waals surface area contributed by atoms with Gasteiger partial charge in [-0.25, -0.2) is 0 Å². The van der Waals surface area contributed by atoms with Gasteiger partial charge in [0.05, 0.1) is 0 Å². The van der Waals surface area contributed by atoms with Crippen molar-refractivity contribution >= 4 is 139 Å². The highest BCUT2D eigenvalue weighted by atomic mass is 35.6. The van der Waals surface area contributed by atoms with Crippen molar-refractivity contribution in [3.8, 4) is 0 Å². The van der Waals surface area contributed by atoms with E-state index in [0.29, 0.717) is 12.8 Å². The third-order valence-corrected chi connectivity index (χ3v) is 11.8. The first-order valence-electron chi connectivity index (χ1n) is 5.72. The van der Waals surface area contributed by atoms with Crippen LogP contribution in [0.4, 0.5) is 0 Å². The standard InChI is InChI=1S/C10H8Cl12/c11-5(12)3-1-2-4-6(13,14)8(17,18)10(21,22)9(19,20)7(5,15)16/h1-4H2. The van der Waals surface area contributed by atoms with Gasteiger partial charge in [-0.1, -0.05) is 152 Å². The Morgan fingerprint density at radius 3 is 0.818 bits per heavy atom. The Hall–Kier alpha value is 3.48. The van der Waals surface area contributed by atoms with E-state index in [-0.39, 0.29) is 12.8 Å². The number of hydrogen-bond acceptors (Lipinski definition) is 0. The molecule has 0 heterocycles. The van der Waals surface area contributed by atoms with Crippen molar-refractivity contribution in [1.29, 1.82) is 0 Å². The SMILES string of the molecule is ClC1(Cl)CCCCC(Cl)(Cl)C(Cl)(Cl)C(Cl)(Cl)C(Cl)(Cl)C1(Cl)Cl. The van der Waals surface area contributed by atoms with Gasteiger partial charge in [-0.2, -0.15) is 0 Å². The topological polar surface area (TPSA) is 0 Å². The van der Waals surface area contributed by atoms with E-state index in [2.05, 4.69) is 0 Å². The molecule has 0 aromatic heterocycles. The van der Waals surface area contributed by atoms with Crippen LogP contribution in [-0.4, -0.2) is 26.0 Å². The Labute approximate surface area is 189 Å². The van der Waals surface area contributed by atoms with E-state index in [9.17, 15) is 0 Å². The molecule has 0 amide bonds. The molecule has 12 heteroatoms. The van der Waals surface area contributed by atoms with Gasteiger partial charge >= 0.3 is 0 Å². The minimum Gasteiger partial charge on any atom is -0.0982 e. The summed E-state index contributed by atoms with van der Waals surface area (Å²) in [7, 11) is 0. The summed E-state index contributed by atoms with van der Waals surface area (Å²) in [6.07, 6.45) is 1.13. The van der Waals surface area contributed by atoms with Crippen molar-refractivity contribution in [2.45, 2.75) is 51.7 Å². The Morgan fingerprint density at radius 2 is 0.591 bits per heavy atom. The van der Waals surface area contributed by atoms with Crippen molar-refractivity contribution in [2.24, 2.45) is 0 Å².